The fourth-order valence-corrected chi connectivity index (χ4v) is 1.92. The van der Waals surface area contributed by atoms with Gasteiger partial charge in [-0.3, -0.25) is 4.79 Å². The van der Waals surface area contributed by atoms with Crippen LogP contribution in [0.4, 0.5) is 0 Å². The predicted molar refractivity (Wildman–Crippen MR) is 79.8 cm³/mol. The Hall–Kier alpha value is -0.370. The Morgan fingerprint density at radius 1 is 1.26 bits per heavy atom. The lowest BCUT2D eigenvalue weighted by Crippen LogP contribution is -2.45. The molecule has 6 nitrogen and oxygen atoms in total. The molecule has 19 heavy (non-hydrogen) atoms. The van der Waals surface area contributed by atoms with Gasteiger partial charge in [-0.2, -0.15) is 0 Å². The molecule has 4 N–H and O–H groups in total. The van der Waals surface area contributed by atoms with Crippen molar-refractivity contribution in [2.24, 2.45) is 11.7 Å². The normalized spacial score (nSPS) is 14.3. The third-order valence-corrected chi connectivity index (χ3v) is 4.32. The van der Waals surface area contributed by atoms with Gasteiger partial charge in [0.15, 0.2) is 0 Å². The van der Waals surface area contributed by atoms with Gasteiger partial charge in [0.05, 0.1) is 11.8 Å². The van der Waals surface area contributed by atoms with Gasteiger partial charge in [0.1, 0.15) is 0 Å². The van der Waals surface area contributed by atoms with Gasteiger partial charge in [0.2, 0.25) is 15.9 Å². The van der Waals surface area contributed by atoms with Gasteiger partial charge in [0, 0.05) is 13.1 Å². The topological polar surface area (TPSA) is 101 Å². The summed E-state index contributed by atoms with van der Waals surface area (Å²) in [6.07, 6.45) is 1.41. The highest BCUT2D eigenvalue weighted by Gasteiger charge is 2.18. The molecule has 0 aliphatic heterocycles. The maximum atomic E-state index is 11.6. The molecule has 0 radical (unpaired) electrons. The third-order valence-electron chi connectivity index (χ3n) is 2.91. The summed E-state index contributed by atoms with van der Waals surface area (Å²) >= 11 is 0. The third kappa shape index (κ3) is 9.21. The van der Waals surface area contributed by atoms with Crippen LogP contribution in [-0.2, 0) is 14.8 Å². The van der Waals surface area contributed by atoms with Crippen LogP contribution in [0, 0.1) is 5.92 Å². The lowest BCUT2D eigenvalue weighted by atomic mass is 9.99. The van der Waals surface area contributed by atoms with Gasteiger partial charge in [-0.15, -0.1) is 12.4 Å². The van der Waals surface area contributed by atoms with Gasteiger partial charge in [-0.1, -0.05) is 20.3 Å². The molecular formula is C11H26ClN3O3S. The number of nitrogens with two attached hydrogens (primary N) is 1. The number of amides is 1. The highest BCUT2D eigenvalue weighted by Crippen LogP contribution is 2.04. The summed E-state index contributed by atoms with van der Waals surface area (Å²) in [5, 5.41) is 2.70. The van der Waals surface area contributed by atoms with Crippen LogP contribution in [0.1, 0.15) is 33.6 Å². The number of nitrogens with one attached hydrogen (secondary N) is 2. The van der Waals surface area contributed by atoms with Crippen LogP contribution in [-0.4, -0.2) is 39.2 Å². The van der Waals surface area contributed by atoms with E-state index < -0.39 is 16.1 Å². The van der Waals surface area contributed by atoms with Gasteiger partial charge >= 0.3 is 0 Å². The fourth-order valence-electron chi connectivity index (χ4n) is 1.26. The zero-order valence-electron chi connectivity index (χ0n) is 11.8. The van der Waals surface area contributed by atoms with Crippen LogP contribution in [0.5, 0.6) is 0 Å². The second kappa shape index (κ2) is 10.4. The minimum Gasteiger partial charge on any atom is -0.355 e. The molecule has 0 bridgehead atoms. The number of rotatable bonds is 9. The monoisotopic (exact) mass is 315 g/mol. The van der Waals surface area contributed by atoms with E-state index in [4.69, 9.17) is 5.73 Å². The van der Waals surface area contributed by atoms with E-state index in [-0.39, 0.29) is 30.0 Å². The second-order valence-electron chi connectivity index (χ2n) is 4.35. The molecule has 0 aromatic heterocycles. The van der Waals surface area contributed by atoms with Gasteiger partial charge in [-0.05, 0) is 19.3 Å². The molecule has 8 heteroatoms. The fraction of sp³-hybridized carbons (Fsp3) is 0.909. The van der Waals surface area contributed by atoms with Crippen LogP contribution in [0.25, 0.3) is 0 Å². The number of halogens is 1. The first kappa shape index (κ1) is 20.9. The van der Waals surface area contributed by atoms with Crippen LogP contribution >= 0.6 is 12.4 Å². The number of carbonyl (C=O) groups is 1. The SMILES string of the molecule is CCC(C)C(N)C(=O)NCCCNS(=O)(=O)CC.Cl. The molecule has 1 amide bonds. The van der Waals surface area contributed by atoms with E-state index in [1.54, 1.807) is 6.92 Å². The first-order valence-corrected chi connectivity index (χ1v) is 7.99. The quantitative estimate of drug-likeness (QED) is 0.530. The molecule has 2 atom stereocenters. The Kier molecular flexibility index (Phi) is 11.5. The van der Waals surface area contributed by atoms with E-state index in [9.17, 15) is 13.2 Å². The van der Waals surface area contributed by atoms with Crippen molar-refractivity contribution < 1.29 is 13.2 Å². The van der Waals surface area contributed by atoms with Crippen LogP contribution in [0.15, 0.2) is 0 Å². The van der Waals surface area contributed by atoms with Gasteiger partial charge < -0.3 is 11.1 Å². The molecule has 0 saturated carbocycles. The smallest absolute Gasteiger partial charge is 0.237 e. The Bertz CT molecular complexity index is 349. The average molecular weight is 316 g/mol. The van der Waals surface area contributed by atoms with E-state index in [0.717, 1.165) is 6.42 Å². The first-order valence-electron chi connectivity index (χ1n) is 6.34. The molecule has 0 aliphatic carbocycles. The van der Waals surface area contributed by atoms with Gasteiger partial charge in [-0.25, -0.2) is 13.1 Å². The van der Waals surface area contributed by atoms with Gasteiger partial charge in [0.25, 0.3) is 0 Å². The Balaban J connectivity index is 0. The molecule has 0 heterocycles. The van der Waals surface area contributed by atoms with Crippen molar-refractivity contribution in [3.05, 3.63) is 0 Å². The van der Waals surface area contributed by atoms with Crippen molar-refractivity contribution in [2.75, 3.05) is 18.8 Å². The zero-order valence-corrected chi connectivity index (χ0v) is 13.4. The van der Waals surface area contributed by atoms with E-state index >= 15 is 0 Å². The number of sulfonamides is 1. The largest absolute Gasteiger partial charge is 0.355 e. The minimum atomic E-state index is -3.14. The highest BCUT2D eigenvalue weighted by atomic mass is 35.5. The molecule has 0 aromatic rings. The van der Waals surface area contributed by atoms with E-state index in [2.05, 4.69) is 10.0 Å². The molecule has 116 valence electrons. The lowest BCUT2D eigenvalue weighted by Gasteiger charge is -2.17. The van der Waals surface area contributed by atoms with Crippen molar-refractivity contribution in [3.63, 3.8) is 0 Å². The highest BCUT2D eigenvalue weighted by molar-refractivity contribution is 7.89. The summed E-state index contributed by atoms with van der Waals surface area (Å²) < 4.78 is 24.7. The number of carbonyl (C=O) groups excluding carboxylic acids is 1. The Labute approximate surface area is 122 Å². The van der Waals surface area contributed by atoms with E-state index in [0.29, 0.717) is 19.5 Å². The maximum Gasteiger partial charge on any atom is 0.237 e. The van der Waals surface area contributed by atoms with Crippen LogP contribution in [0.2, 0.25) is 0 Å². The summed E-state index contributed by atoms with van der Waals surface area (Å²) in [7, 11) is -3.14. The Morgan fingerprint density at radius 3 is 2.32 bits per heavy atom. The zero-order chi connectivity index (χ0) is 14.2. The second-order valence-corrected chi connectivity index (χ2v) is 6.45. The molecule has 0 spiro atoms. The molecule has 0 fully saturated rings. The van der Waals surface area contributed by atoms with Crippen LogP contribution in [0.3, 0.4) is 0 Å². The first-order chi connectivity index (χ1) is 8.34. The minimum absolute atomic E-state index is 0. The summed E-state index contributed by atoms with van der Waals surface area (Å²) in [6.45, 7) is 6.25. The van der Waals surface area contributed by atoms with Crippen molar-refractivity contribution in [1.82, 2.24) is 10.0 Å². The maximum absolute atomic E-state index is 11.6. The van der Waals surface area contributed by atoms with E-state index in [1.165, 1.54) is 0 Å². The molecular weight excluding hydrogens is 290 g/mol. The summed E-state index contributed by atoms with van der Waals surface area (Å²) in [4.78, 5) is 11.6. The predicted octanol–water partition coefficient (Wildman–Crippen LogP) is 0.227. The number of hydrogen-bond acceptors (Lipinski definition) is 4. The van der Waals surface area contributed by atoms with Crippen molar-refractivity contribution in [3.8, 4) is 0 Å². The molecule has 0 aliphatic rings. The summed E-state index contributed by atoms with van der Waals surface area (Å²) in [5.74, 6) is 0.0319. The van der Waals surface area contributed by atoms with Crippen molar-refractivity contribution >= 4 is 28.3 Å². The molecule has 0 rings (SSSR count). The average Bonchev–Trinajstić information content (AvgIpc) is 2.36. The number of hydrogen-bond donors (Lipinski definition) is 3. The summed E-state index contributed by atoms with van der Waals surface area (Å²) in [6, 6.07) is -0.498. The van der Waals surface area contributed by atoms with E-state index in [1.807, 2.05) is 13.8 Å². The molecule has 2 unspecified atom stereocenters. The van der Waals surface area contributed by atoms with Crippen molar-refractivity contribution in [1.29, 1.82) is 0 Å². The lowest BCUT2D eigenvalue weighted by molar-refractivity contribution is -0.123. The molecule has 0 aromatic carbocycles. The van der Waals surface area contributed by atoms with Crippen molar-refractivity contribution in [2.45, 2.75) is 39.7 Å². The van der Waals surface area contributed by atoms with Crippen LogP contribution < -0.4 is 15.8 Å². The Morgan fingerprint density at radius 2 is 1.84 bits per heavy atom. The standard InChI is InChI=1S/C11H25N3O3S.ClH/c1-4-9(3)10(12)11(15)13-7-6-8-14-18(16,17)5-2;/h9-10,14H,4-8,12H2,1-3H3,(H,13,15);1H. The summed E-state index contributed by atoms with van der Waals surface area (Å²) in [5.41, 5.74) is 5.75. The molecule has 0 saturated heterocycles.